The monoisotopic (exact) mass is 521 g/mol. The summed E-state index contributed by atoms with van der Waals surface area (Å²) in [5, 5.41) is 0. The van der Waals surface area contributed by atoms with E-state index in [9.17, 15) is 31.1 Å². The molecule has 2 aromatic carbocycles. The minimum absolute atomic E-state index is 0.175. The fourth-order valence-corrected chi connectivity index (χ4v) is 4.11. The van der Waals surface area contributed by atoms with E-state index in [2.05, 4.69) is 14.7 Å². The molecule has 1 aliphatic rings. The van der Waals surface area contributed by atoms with Gasteiger partial charge in [0.05, 0.1) is 11.6 Å². The van der Waals surface area contributed by atoms with E-state index in [1.165, 1.54) is 23.1 Å². The highest BCUT2D eigenvalue weighted by Crippen LogP contribution is 2.39. The zero-order valence-electron chi connectivity index (χ0n) is 19.6. The van der Waals surface area contributed by atoms with Crippen LogP contribution >= 0.6 is 0 Å². The number of hydrogen-bond donors (Lipinski definition) is 0. The average molecular weight is 521 g/mol. The lowest BCUT2D eigenvalue weighted by Crippen LogP contribution is -2.30. The Bertz CT molecular complexity index is 1290. The predicted molar refractivity (Wildman–Crippen MR) is 124 cm³/mol. The normalized spacial score (nSPS) is 17.9. The molecule has 0 radical (unpaired) electrons. The van der Waals surface area contributed by atoms with Crippen LogP contribution in [-0.4, -0.2) is 23.0 Å². The third kappa shape index (κ3) is 5.92. The fourth-order valence-electron chi connectivity index (χ4n) is 4.11. The van der Waals surface area contributed by atoms with Gasteiger partial charge in [-0.1, -0.05) is 36.4 Å². The molecule has 0 spiro atoms. The number of rotatable bonds is 5. The van der Waals surface area contributed by atoms with Crippen LogP contribution in [0.3, 0.4) is 0 Å². The van der Waals surface area contributed by atoms with Gasteiger partial charge in [-0.3, -0.25) is 19.7 Å². The molecule has 0 bridgehead atoms. The second kappa shape index (κ2) is 9.53. The molecule has 0 unspecified atom stereocenters. The van der Waals surface area contributed by atoms with Gasteiger partial charge in [0.25, 0.3) is 5.91 Å². The van der Waals surface area contributed by atoms with Gasteiger partial charge >= 0.3 is 12.5 Å². The van der Waals surface area contributed by atoms with Gasteiger partial charge in [0.15, 0.2) is 0 Å². The first-order valence-electron chi connectivity index (χ1n) is 11.1. The maximum absolute atomic E-state index is 13.5. The molecule has 4 rings (SSSR count). The highest BCUT2D eigenvalue weighted by molar-refractivity contribution is 6.46. The van der Waals surface area contributed by atoms with Crippen LogP contribution < -0.4 is 9.64 Å². The summed E-state index contributed by atoms with van der Waals surface area (Å²) in [4.78, 5) is 23.0. The molecule has 0 aliphatic carbocycles. The molecule has 1 aromatic heterocycles. The van der Waals surface area contributed by atoms with Crippen molar-refractivity contribution in [1.82, 2.24) is 4.98 Å². The Labute approximate surface area is 208 Å². The Balaban J connectivity index is 1.68. The highest BCUT2D eigenvalue weighted by Gasteiger charge is 2.40. The SMILES string of the molecule is CC(C)(N=C1C[C@H](c2ccccc2)N(c2ccc(OC(F)(F)F)cc2)C1=O)c1ccc(C(F)(F)F)nc1. The highest BCUT2D eigenvalue weighted by atomic mass is 19.4. The summed E-state index contributed by atoms with van der Waals surface area (Å²) < 4.78 is 80.3. The van der Waals surface area contributed by atoms with Crippen molar-refractivity contribution >= 4 is 17.3 Å². The van der Waals surface area contributed by atoms with E-state index >= 15 is 0 Å². The Morgan fingerprint density at radius 1 is 0.919 bits per heavy atom. The molecule has 0 N–H and O–H groups in total. The molecule has 2 heterocycles. The Kier molecular flexibility index (Phi) is 6.74. The van der Waals surface area contributed by atoms with Crippen molar-refractivity contribution in [1.29, 1.82) is 0 Å². The van der Waals surface area contributed by atoms with Gasteiger partial charge < -0.3 is 4.74 Å². The molecule has 1 saturated heterocycles. The summed E-state index contributed by atoms with van der Waals surface area (Å²) in [6.07, 6.45) is -8.17. The van der Waals surface area contributed by atoms with E-state index < -0.39 is 41.5 Å². The number of nitrogens with zero attached hydrogens (tertiary/aromatic N) is 3. The molecule has 1 amide bonds. The molecule has 11 heteroatoms. The van der Waals surface area contributed by atoms with Crippen molar-refractivity contribution in [3.8, 4) is 5.75 Å². The molecular weight excluding hydrogens is 500 g/mol. The number of anilines is 1. The van der Waals surface area contributed by atoms with Crippen LogP contribution in [0.5, 0.6) is 5.75 Å². The number of carbonyl (C=O) groups excluding carboxylic acids is 1. The predicted octanol–water partition coefficient (Wildman–Crippen LogP) is 6.85. The van der Waals surface area contributed by atoms with Crippen LogP contribution in [0.4, 0.5) is 32.0 Å². The topological polar surface area (TPSA) is 54.8 Å². The van der Waals surface area contributed by atoms with E-state index in [1.54, 1.807) is 26.0 Å². The minimum atomic E-state index is -4.85. The quantitative estimate of drug-likeness (QED) is 0.345. The smallest absolute Gasteiger partial charge is 0.406 e. The van der Waals surface area contributed by atoms with Gasteiger partial charge in [-0.25, -0.2) is 0 Å². The van der Waals surface area contributed by atoms with Crippen LogP contribution in [-0.2, 0) is 16.5 Å². The fraction of sp³-hybridized carbons (Fsp3) is 0.269. The molecule has 194 valence electrons. The van der Waals surface area contributed by atoms with Crippen LogP contribution in [0, 0.1) is 0 Å². The maximum Gasteiger partial charge on any atom is 0.573 e. The first kappa shape index (κ1) is 26.2. The van der Waals surface area contributed by atoms with Crippen LogP contribution in [0.15, 0.2) is 77.9 Å². The first-order chi connectivity index (χ1) is 17.2. The van der Waals surface area contributed by atoms with Crippen LogP contribution in [0.2, 0.25) is 0 Å². The maximum atomic E-state index is 13.5. The minimum Gasteiger partial charge on any atom is -0.406 e. The lowest BCUT2D eigenvalue weighted by molar-refractivity contribution is -0.274. The largest absolute Gasteiger partial charge is 0.573 e. The molecule has 5 nitrogen and oxygen atoms in total. The van der Waals surface area contributed by atoms with Crippen molar-refractivity contribution in [3.05, 3.63) is 89.7 Å². The standard InChI is InChI=1S/C26H21F6N3O2/c1-24(2,17-8-13-22(33-15-17)25(27,28)29)34-20-14-21(16-6-4-3-5-7-16)35(23(20)36)18-9-11-19(12-10-18)37-26(30,31)32/h3-13,15,21H,14H2,1-2H3/t21-/m1/s1. The van der Waals surface area contributed by atoms with Crippen molar-refractivity contribution < 1.29 is 35.9 Å². The molecule has 3 aromatic rings. The number of aliphatic imine (C=N–C) groups is 1. The number of hydrogen-bond acceptors (Lipinski definition) is 4. The zero-order chi connectivity index (χ0) is 27.0. The number of carbonyl (C=O) groups is 1. The number of benzene rings is 2. The molecule has 0 saturated carbocycles. The van der Waals surface area contributed by atoms with Gasteiger partial charge in [0, 0.05) is 18.3 Å². The van der Waals surface area contributed by atoms with Crippen molar-refractivity contribution in [2.45, 2.75) is 44.4 Å². The van der Waals surface area contributed by atoms with Crippen molar-refractivity contribution in [3.63, 3.8) is 0 Å². The third-order valence-electron chi connectivity index (χ3n) is 5.87. The summed E-state index contributed by atoms with van der Waals surface area (Å²) in [7, 11) is 0. The van der Waals surface area contributed by atoms with Crippen molar-refractivity contribution in [2.24, 2.45) is 4.99 Å². The summed E-state index contributed by atoms with van der Waals surface area (Å²) in [5.41, 5.74) is -0.439. The number of amides is 1. The lowest BCUT2D eigenvalue weighted by atomic mass is 9.95. The van der Waals surface area contributed by atoms with E-state index in [0.717, 1.165) is 30.0 Å². The van der Waals surface area contributed by atoms with Gasteiger partial charge in [-0.05, 0) is 55.3 Å². The van der Waals surface area contributed by atoms with E-state index in [0.29, 0.717) is 11.3 Å². The van der Waals surface area contributed by atoms with E-state index in [4.69, 9.17) is 0 Å². The Morgan fingerprint density at radius 2 is 1.57 bits per heavy atom. The second-order valence-electron chi connectivity index (χ2n) is 8.89. The molecule has 1 aliphatic heterocycles. The number of alkyl halides is 6. The van der Waals surface area contributed by atoms with E-state index in [-0.39, 0.29) is 12.1 Å². The molecule has 37 heavy (non-hydrogen) atoms. The van der Waals surface area contributed by atoms with Gasteiger partial charge in [-0.15, -0.1) is 13.2 Å². The lowest BCUT2D eigenvalue weighted by Gasteiger charge is -2.25. The number of halogens is 6. The number of ether oxygens (including phenoxy) is 1. The van der Waals surface area contributed by atoms with Crippen LogP contribution in [0.25, 0.3) is 0 Å². The Hall–Kier alpha value is -3.89. The van der Waals surface area contributed by atoms with Crippen LogP contribution in [0.1, 0.15) is 43.1 Å². The summed E-state index contributed by atoms with van der Waals surface area (Å²) in [5.74, 6) is -0.893. The van der Waals surface area contributed by atoms with E-state index in [1.807, 2.05) is 18.2 Å². The average Bonchev–Trinajstić information content (AvgIpc) is 3.14. The zero-order valence-corrected chi connectivity index (χ0v) is 19.6. The molecule has 1 fully saturated rings. The summed E-state index contributed by atoms with van der Waals surface area (Å²) in [6, 6.07) is 15.6. The molecular formula is C26H21F6N3O2. The van der Waals surface area contributed by atoms with Crippen molar-refractivity contribution in [2.75, 3.05) is 4.90 Å². The summed E-state index contributed by atoms with van der Waals surface area (Å²) in [6.45, 7) is 3.31. The first-order valence-corrected chi connectivity index (χ1v) is 11.1. The number of pyridine rings is 1. The summed E-state index contributed by atoms with van der Waals surface area (Å²) >= 11 is 0. The number of aromatic nitrogens is 1. The second-order valence-corrected chi connectivity index (χ2v) is 8.89. The molecule has 1 atom stereocenters. The third-order valence-corrected chi connectivity index (χ3v) is 5.87. The van der Waals surface area contributed by atoms with Gasteiger partial charge in [0.2, 0.25) is 0 Å². The van der Waals surface area contributed by atoms with Gasteiger partial charge in [0.1, 0.15) is 17.2 Å². The van der Waals surface area contributed by atoms with Gasteiger partial charge in [-0.2, -0.15) is 13.2 Å². The Morgan fingerprint density at radius 3 is 2.11 bits per heavy atom.